The number of aromatic nitrogens is 2. The Morgan fingerprint density at radius 2 is 0.900 bits per heavy atom. The van der Waals surface area contributed by atoms with Crippen LogP contribution in [0.25, 0.3) is 11.0 Å². The van der Waals surface area contributed by atoms with Crippen LogP contribution in [0, 0.1) is 0 Å². The molecular weight excluding hydrogens is 619 g/mol. The number of aliphatic hydroxyl groups is 3. The van der Waals surface area contributed by atoms with Crippen molar-refractivity contribution >= 4 is 11.0 Å². The molecule has 0 radical (unpaired) electrons. The first-order chi connectivity index (χ1) is 24.5. The van der Waals surface area contributed by atoms with Crippen molar-refractivity contribution in [2.45, 2.75) is 226 Å². The van der Waals surface area contributed by atoms with E-state index in [4.69, 9.17) is 4.98 Å². The maximum atomic E-state index is 11.2. The standard InChI is InChI=1S/C44H81N3O3/c1-4-7-10-13-16-19-22-25-30-39(48)35-46(36-40(49)31-26-23-20-17-14-11-8-5-2)38-44-45-42-33-28-29-34-43(42)47(44)37-41(50)32-27-24-21-18-15-12-9-6-3/h28-29,33-34,39-41,48-50H,4-27,30-32,35-38H2,1-3H3. The number of hydrogen-bond acceptors (Lipinski definition) is 5. The Morgan fingerprint density at radius 3 is 1.34 bits per heavy atom. The van der Waals surface area contributed by atoms with Crippen molar-refractivity contribution in [2.24, 2.45) is 0 Å². The summed E-state index contributed by atoms with van der Waals surface area (Å²) in [5, 5.41) is 33.5. The van der Waals surface area contributed by atoms with Gasteiger partial charge in [0.15, 0.2) is 0 Å². The van der Waals surface area contributed by atoms with Gasteiger partial charge >= 0.3 is 0 Å². The Bertz CT molecular complexity index is 1010. The molecule has 6 nitrogen and oxygen atoms in total. The van der Waals surface area contributed by atoms with Gasteiger partial charge in [0.25, 0.3) is 0 Å². The summed E-state index contributed by atoms with van der Waals surface area (Å²) in [7, 11) is 0. The predicted octanol–water partition coefficient (Wildman–Crippen LogP) is 11.5. The van der Waals surface area contributed by atoms with E-state index in [0.717, 1.165) is 55.4 Å². The van der Waals surface area contributed by atoms with Crippen LogP contribution in [-0.4, -0.2) is 61.2 Å². The van der Waals surface area contributed by atoms with Crippen LogP contribution in [0.3, 0.4) is 0 Å². The van der Waals surface area contributed by atoms with Crippen molar-refractivity contribution in [3.8, 4) is 0 Å². The normalized spacial score (nSPS) is 13.8. The van der Waals surface area contributed by atoms with Crippen LogP contribution in [0.15, 0.2) is 24.3 Å². The Hall–Kier alpha value is -1.47. The number of benzene rings is 1. The van der Waals surface area contributed by atoms with Crippen molar-refractivity contribution in [3.05, 3.63) is 30.1 Å². The van der Waals surface area contributed by atoms with Gasteiger partial charge in [-0.25, -0.2) is 4.98 Å². The molecule has 6 heteroatoms. The smallest absolute Gasteiger partial charge is 0.124 e. The Morgan fingerprint density at radius 1 is 0.520 bits per heavy atom. The average Bonchev–Trinajstić information content (AvgIpc) is 3.44. The van der Waals surface area contributed by atoms with Gasteiger partial charge in [-0.1, -0.05) is 187 Å². The molecule has 290 valence electrons. The molecule has 3 atom stereocenters. The van der Waals surface area contributed by atoms with Crippen molar-refractivity contribution in [1.29, 1.82) is 0 Å². The van der Waals surface area contributed by atoms with E-state index in [1.54, 1.807) is 0 Å². The van der Waals surface area contributed by atoms with Gasteiger partial charge in [-0.2, -0.15) is 0 Å². The monoisotopic (exact) mass is 700 g/mol. The fraction of sp³-hybridized carbons (Fsp3) is 0.841. The summed E-state index contributed by atoms with van der Waals surface area (Å²) >= 11 is 0. The Labute approximate surface area is 308 Å². The van der Waals surface area contributed by atoms with Gasteiger partial charge in [0, 0.05) is 13.1 Å². The van der Waals surface area contributed by atoms with Gasteiger partial charge in [0.05, 0.1) is 42.4 Å². The van der Waals surface area contributed by atoms with Crippen molar-refractivity contribution in [3.63, 3.8) is 0 Å². The first-order valence-corrected chi connectivity index (χ1v) is 21.7. The van der Waals surface area contributed by atoms with E-state index in [2.05, 4.69) is 42.4 Å². The van der Waals surface area contributed by atoms with Gasteiger partial charge in [-0.3, -0.25) is 4.90 Å². The maximum absolute atomic E-state index is 11.2. The highest BCUT2D eigenvalue weighted by atomic mass is 16.3. The summed E-state index contributed by atoms with van der Waals surface area (Å²) in [4.78, 5) is 7.28. The summed E-state index contributed by atoms with van der Waals surface area (Å²) in [6, 6.07) is 8.24. The molecule has 0 saturated heterocycles. The van der Waals surface area contributed by atoms with Crippen LogP contribution in [0.2, 0.25) is 0 Å². The van der Waals surface area contributed by atoms with E-state index in [-0.39, 0.29) is 0 Å². The largest absolute Gasteiger partial charge is 0.392 e. The van der Waals surface area contributed by atoms with Crippen LogP contribution < -0.4 is 0 Å². The molecule has 1 aromatic carbocycles. The lowest BCUT2D eigenvalue weighted by Crippen LogP contribution is -2.38. The molecule has 0 aliphatic carbocycles. The third-order valence-corrected chi connectivity index (χ3v) is 10.6. The molecule has 1 heterocycles. The molecule has 3 N–H and O–H groups in total. The molecule has 0 aliphatic rings. The third-order valence-electron chi connectivity index (χ3n) is 10.6. The zero-order valence-corrected chi connectivity index (χ0v) is 33.1. The van der Waals surface area contributed by atoms with E-state index >= 15 is 0 Å². The van der Waals surface area contributed by atoms with Crippen molar-refractivity contribution in [2.75, 3.05) is 13.1 Å². The average molecular weight is 700 g/mol. The molecule has 2 aromatic rings. The highest BCUT2D eigenvalue weighted by Crippen LogP contribution is 2.21. The van der Waals surface area contributed by atoms with Gasteiger partial charge < -0.3 is 19.9 Å². The number of imidazole rings is 1. The molecule has 0 spiro atoms. The minimum Gasteiger partial charge on any atom is -0.392 e. The topological polar surface area (TPSA) is 81.8 Å². The zero-order valence-electron chi connectivity index (χ0n) is 33.1. The molecule has 0 aliphatic heterocycles. The van der Waals surface area contributed by atoms with E-state index < -0.39 is 18.3 Å². The van der Waals surface area contributed by atoms with Crippen LogP contribution in [0.5, 0.6) is 0 Å². The summed E-state index contributed by atoms with van der Waals surface area (Å²) in [5.41, 5.74) is 2.00. The van der Waals surface area contributed by atoms with E-state index in [1.807, 2.05) is 12.1 Å². The van der Waals surface area contributed by atoms with Gasteiger partial charge in [0.2, 0.25) is 0 Å². The van der Waals surface area contributed by atoms with Crippen LogP contribution in [0.4, 0.5) is 0 Å². The lowest BCUT2D eigenvalue weighted by Gasteiger charge is -2.28. The van der Waals surface area contributed by atoms with Crippen molar-refractivity contribution in [1.82, 2.24) is 14.5 Å². The SMILES string of the molecule is CCCCCCCCCCC(O)CN(Cc1nc2ccccc2n1CC(O)CCCCCCCCCC)CC(O)CCCCCCCCCC. The lowest BCUT2D eigenvalue weighted by atomic mass is 10.0. The molecule has 0 saturated carbocycles. The van der Waals surface area contributed by atoms with Gasteiger partial charge in [-0.15, -0.1) is 0 Å². The van der Waals surface area contributed by atoms with Crippen LogP contribution in [-0.2, 0) is 13.1 Å². The van der Waals surface area contributed by atoms with Crippen molar-refractivity contribution < 1.29 is 15.3 Å². The van der Waals surface area contributed by atoms with E-state index in [1.165, 1.54) is 135 Å². The van der Waals surface area contributed by atoms with Gasteiger partial charge in [-0.05, 0) is 31.4 Å². The van der Waals surface area contributed by atoms with E-state index in [0.29, 0.717) is 26.2 Å². The fourth-order valence-electron chi connectivity index (χ4n) is 7.48. The number of fused-ring (bicyclic) bond motifs is 1. The highest BCUT2D eigenvalue weighted by molar-refractivity contribution is 5.75. The number of nitrogens with zero attached hydrogens (tertiary/aromatic N) is 3. The van der Waals surface area contributed by atoms with Crippen LogP contribution >= 0.6 is 0 Å². The molecule has 2 rings (SSSR count). The number of hydrogen-bond donors (Lipinski definition) is 3. The minimum absolute atomic E-state index is 0.417. The fourth-order valence-corrected chi connectivity index (χ4v) is 7.48. The first-order valence-electron chi connectivity index (χ1n) is 21.7. The Balaban J connectivity index is 1.98. The second kappa shape index (κ2) is 30.0. The molecule has 0 bridgehead atoms. The third kappa shape index (κ3) is 21.2. The summed E-state index contributed by atoms with van der Waals surface area (Å²) in [5.74, 6) is 0.916. The number of rotatable bonds is 35. The highest BCUT2D eigenvalue weighted by Gasteiger charge is 2.21. The Kier molecular flexibility index (Phi) is 26.8. The molecule has 3 unspecified atom stereocenters. The molecular formula is C44H81N3O3. The number of unbranched alkanes of at least 4 members (excludes halogenated alkanes) is 21. The van der Waals surface area contributed by atoms with Crippen LogP contribution in [0.1, 0.15) is 200 Å². The molecule has 0 fully saturated rings. The zero-order chi connectivity index (χ0) is 36.1. The molecule has 50 heavy (non-hydrogen) atoms. The minimum atomic E-state index is -0.421. The molecule has 0 amide bonds. The maximum Gasteiger partial charge on any atom is 0.124 e. The second-order valence-electron chi connectivity index (χ2n) is 15.6. The van der Waals surface area contributed by atoms with E-state index in [9.17, 15) is 15.3 Å². The summed E-state index contributed by atoms with van der Waals surface area (Å²) in [6.45, 7) is 8.95. The summed E-state index contributed by atoms with van der Waals surface area (Å²) < 4.78 is 2.20. The lowest BCUT2D eigenvalue weighted by molar-refractivity contribution is 0.0543. The predicted molar refractivity (Wildman–Crippen MR) is 215 cm³/mol. The van der Waals surface area contributed by atoms with Gasteiger partial charge in [0.1, 0.15) is 5.82 Å². The second-order valence-corrected chi connectivity index (χ2v) is 15.6. The summed E-state index contributed by atoms with van der Waals surface area (Å²) in [6.07, 6.45) is 31.4. The number of aliphatic hydroxyl groups excluding tert-OH is 3. The molecule has 1 aromatic heterocycles. The number of para-hydroxylation sites is 2. The first kappa shape index (κ1) is 44.7. The quantitative estimate of drug-likeness (QED) is 0.0624.